The van der Waals surface area contributed by atoms with E-state index in [0.717, 1.165) is 5.56 Å². The molecule has 154 valence electrons. The molecule has 2 N–H and O–H groups in total. The molecule has 7 heteroatoms. The van der Waals surface area contributed by atoms with E-state index in [9.17, 15) is 14.0 Å². The molecule has 0 unspecified atom stereocenters. The number of benzene rings is 2. The lowest BCUT2D eigenvalue weighted by Gasteiger charge is -2.11. The van der Waals surface area contributed by atoms with Gasteiger partial charge < -0.3 is 19.8 Å². The van der Waals surface area contributed by atoms with Crippen molar-refractivity contribution >= 4 is 17.9 Å². The molecule has 6 nitrogen and oxygen atoms in total. The zero-order valence-electron chi connectivity index (χ0n) is 16.4. The standard InChI is InChI=1S/C23H21FN2O4/c1-29-19-10-6-17(7-11-19)22(27)26-21(15-20-3-2-14-30-20)23(28)25-13-12-16-4-8-18(24)9-5-16/h2-11,14-15H,12-13H2,1H3,(H,25,28)(H,26,27)/b21-15-. The number of ether oxygens (including phenoxy) is 1. The number of nitrogens with one attached hydrogen (secondary N) is 2. The van der Waals surface area contributed by atoms with Gasteiger partial charge in [0.1, 0.15) is 23.0 Å². The number of hydrogen-bond donors (Lipinski definition) is 2. The van der Waals surface area contributed by atoms with Gasteiger partial charge in [-0.1, -0.05) is 12.1 Å². The third-order valence-corrected chi connectivity index (χ3v) is 4.29. The second-order valence-electron chi connectivity index (χ2n) is 6.39. The quantitative estimate of drug-likeness (QED) is 0.559. The number of hydrogen-bond acceptors (Lipinski definition) is 4. The summed E-state index contributed by atoms with van der Waals surface area (Å²) in [6, 6.07) is 15.9. The van der Waals surface area contributed by atoms with Crippen molar-refractivity contribution < 1.29 is 23.1 Å². The van der Waals surface area contributed by atoms with Crippen molar-refractivity contribution in [2.75, 3.05) is 13.7 Å². The molecule has 2 aromatic carbocycles. The Hall–Kier alpha value is -3.87. The van der Waals surface area contributed by atoms with Crippen molar-refractivity contribution in [2.24, 2.45) is 0 Å². The first kappa shape index (κ1) is 20.9. The first-order valence-corrected chi connectivity index (χ1v) is 9.28. The highest BCUT2D eigenvalue weighted by molar-refractivity contribution is 6.05. The van der Waals surface area contributed by atoms with Gasteiger partial charge in [-0.05, 0) is 60.5 Å². The summed E-state index contributed by atoms with van der Waals surface area (Å²) in [4.78, 5) is 25.2. The van der Waals surface area contributed by atoms with E-state index in [0.29, 0.717) is 30.0 Å². The first-order chi connectivity index (χ1) is 14.5. The molecule has 0 atom stereocenters. The maximum Gasteiger partial charge on any atom is 0.267 e. The minimum atomic E-state index is -0.463. The lowest BCUT2D eigenvalue weighted by molar-refractivity contribution is -0.117. The molecule has 0 bridgehead atoms. The van der Waals surface area contributed by atoms with Crippen LogP contribution in [-0.2, 0) is 11.2 Å². The zero-order chi connectivity index (χ0) is 21.3. The maximum absolute atomic E-state index is 13.0. The third kappa shape index (κ3) is 5.81. The topological polar surface area (TPSA) is 80.6 Å². The molecule has 0 spiro atoms. The molecule has 0 fully saturated rings. The van der Waals surface area contributed by atoms with Crippen LogP contribution in [0.3, 0.4) is 0 Å². The van der Waals surface area contributed by atoms with Gasteiger partial charge in [-0.15, -0.1) is 0 Å². The molecule has 0 saturated heterocycles. The summed E-state index contributed by atoms with van der Waals surface area (Å²) in [6.07, 6.45) is 3.45. The lowest BCUT2D eigenvalue weighted by atomic mass is 10.1. The average molecular weight is 408 g/mol. The highest BCUT2D eigenvalue weighted by Gasteiger charge is 2.15. The third-order valence-electron chi connectivity index (χ3n) is 4.29. The number of halogens is 1. The molecule has 1 aromatic heterocycles. The molecule has 2 amide bonds. The highest BCUT2D eigenvalue weighted by atomic mass is 19.1. The van der Waals surface area contributed by atoms with Crippen molar-refractivity contribution in [3.8, 4) is 5.75 Å². The SMILES string of the molecule is COc1ccc(C(=O)N/C(=C\c2ccco2)C(=O)NCCc2ccc(F)cc2)cc1. The van der Waals surface area contributed by atoms with E-state index < -0.39 is 11.8 Å². The number of carbonyl (C=O) groups excluding carboxylic acids is 2. The van der Waals surface area contributed by atoms with Crippen molar-refractivity contribution in [3.05, 3.63) is 95.3 Å². The van der Waals surface area contributed by atoms with Crippen LogP contribution in [0.15, 0.2) is 77.0 Å². The molecule has 30 heavy (non-hydrogen) atoms. The normalized spacial score (nSPS) is 11.1. The molecule has 0 aliphatic heterocycles. The number of amides is 2. The van der Waals surface area contributed by atoms with Gasteiger partial charge in [-0.3, -0.25) is 9.59 Å². The van der Waals surface area contributed by atoms with Gasteiger partial charge in [-0.25, -0.2) is 4.39 Å². The molecule has 1 heterocycles. The van der Waals surface area contributed by atoms with E-state index >= 15 is 0 Å². The fourth-order valence-corrected chi connectivity index (χ4v) is 2.68. The average Bonchev–Trinajstić information content (AvgIpc) is 3.28. The van der Waals surface area contributed by atoms with Crippen molar-refractivity contribution in [2.45, 2.75) is 6.42 Å². The van der Waals surface area contributed by atoms with Crippen LogP contribution in [0.5, 0.6) is 5.75 Å². The molecular formula is C23H21FN2O4. The van der Waals surface area contributed by atoms with Crippen molar-refractivity contribution in [1.82, 2.24) is 10.6 Å². The Morgan fingerprint density at radius 1 is 1.07 bits per heavy atom. The monoisotopic (exact) mass is 408 g/mol. The summed E-state index contributed by atoms with van der Waals surface area (Å²) in [5, 5.41) is 5.38. The van der Waals surface area contributed by atoms with Gasteiger partial charge in [0.2, 0.25) is 0 Å². The van der Waals surface area contributed by atoms with E-state index in [1.165, 1.54) is 31.6 Å². The molecule has 3 rings (SSSR count). The number of furan rings is 1. The van der Waals surface area contributed by atoms with Gasteiger partial charge >= 0.3 is 0 Å². The minimum absolute atomic E-state index is 0.0462. The summed E-state index contributed by atoms with van der Waals surface area (Å²) in [5.74, 6) is -0.169. The van der Waals surface area contributed by atoms with E-state index in [2.05, 4.69) is 10.6 Å². The molecule has 3 aromatic rings. The molecular weight excluding hydrogens is 387 g/mol. The Morgan fingerprint density at radius 2 is 1.80 bits per heavy atom. The second kappa shape index (κ2) is 10.1. The molecule has 0 aliphatic carbocycles. The van der Waals surface area contributed by atoms with Gasteiger partial charge in [0.25, 0.3) is 11.8 Å². The lowest BCUT2D eigenvalue weighted by Crippen LogP contribution is -2.35. The summed E-state index contributed by atoms with van der Waals surface area (Å²) in [7, 11) is 1.54. The zero-order valence-corrected chi connectivity index (χ0v) is 16.4. The fourth-order valence-electron chi connectivity index (χ4n) is 2.68. The highest BCUT2D eigenvalue weighted by Crippen LogP contribution is 2.12. The predicted molar refractivity (Wildman–Crippen MR) is 110 cm³/mol. The van der Waals surface area contributed by atoms with Crippen molar-refractivity contribution in [3.63, 3.8) is 0 Å². The van der Waals surface area contributed by atoms with Gasteiger partial charge in [0.05, 0.1) is 13.4 Å². The molecule has 0 aliphatic rings. The van der Waals surface area contributed by atoms with Crippen LogP contribution in [-0.4, -0.2) is 25.5 Å². The summed E-state index contributed by atoms with van der Waals surface area (Å²) < 4.78 is 23.3. The van der Waals surface area contributed by atoms with E-state index in [1.807, 2.05) is 0 Å². The Bertz CT molecular complexity index is 1010. The van der Waals surface area contributed by atoms with Crippen LogP contribution < -0.4 is 15.4 Å². The molecule has 0 radical (unpaired) electrons. The summed E-state index contributed by atoms with van der Waals surface area (Å²) in [6.45, 7) is 0.318. The predicted octanol–water partition coefficient (Wildman–Crippen LogP) is 3.56. The van der Waals surface area contributed by atoms with Crippen LogP contribution in [0.4, 0.5) is 4.39 Å². The summed E-state index contributed by atoms with van der Waals surface area (Å²) in [5.41, 5.74) is 1.31. The smallest absolute Gasteiger partial charge is 0.267 e. The van der Waals surface area contributed by atoms with E-state index in [4.69, 9.17) is 9.15 Å². The second-order valence-corrected chi connectivity index (χ2v) is 6.39. The Kier molecular flexibility index (Phi) is 7.00. The van der Waals surface area contributed by atoms with Crippen molar-refractivity contribution in [1.29, 1.82) is 0 Å². The van der Waals surface area contributed by atoms with Crippen LogP contribution in [0, 0.1) is 5.82 Å². The number of methoxy groups -OCH3 is 1. The maximum atomic E-state index is 13.0. The van der Waals surface area contributed by atoms with Crippen LogP contribution in [0.1, 0.15) is 21.7 Å². The minimum Gasteiger partial charge on any atom is -0.497 e. The van der Waals surface area contributed by atoms with E-state index in [-0.39, 0.29) is 11.5 Å². The fraction of sp³-hybridized carbons (Fsp3) is 0.130. The van der Waals surface area contributed by atoms with Gasteiger partial charge in [0.15, 0.2) is 0 Å². The number of carbonyl (C=O) groups is 2. The number of rotatable bonds is 8. The Labute approximate surface area is 173 Å². The van der Waals surface area contributed by atoms with E-state index in [1.54, 1.807) is 48.5 Å². The Morgan fingerprint density at radius 3 is 2.43 bits per heavy atom. The van der Waals surface area contributed by atoms with Gasteiger partial charge in [-0.2, -0.15) is 0 Å². The molecule has 0 saturated carbocycles. The first-order valence-electron chi connectivity index (χ1n) is 9.28. The Balaban J connectivity index is 1.67. The summed E-state index contributed by atoms with van der Waals surface area (Å²) >= 11 is 0. The van der Waals surface area contributed by atoms with Crippen LogP contribution >= 0.6 is 0 Å². The van der Waals surface area contributed by atoms with Gasteiger partial charge in [0, 0.05) is 18.2 Å². The van der Waals surface area contributed by atoms with Crippen LogP contribution in [0.25, 0.3) is 6.08 Å². The van der Waals surface area contributed by atoms with Crippen LogP contribution in [0.2, 0.25) is 0 Å². The largest absolute Gasteiger partial charge is 0.497 e.